The van der Waals surface area contributed by atoms with E-state index in [0.717, 1.165) is 11.4 Å². The molecule has 1 aromatic heterocycles. The summed E-state index contributed by atoms with van der Waals surface area (Å²) >= 11 is 1.51. The van der Waals surface area contributed by atoms with Crippen LogP contribution in [0.2, 0.25) is 0 Å². The lowest BCUT2D eigenvalue weighted by molar-refractivity contribution is 0.0507. The minimum atomic E-state index is -0.0573. The van der Waals surface area contributed by atoms with Crippen LogP contribution in [0.3, 0.4) is 0 Å². The topological polar surface area (TPSA) is 32.3 Å². The minimum Gasteiger partial charge on any atom is -0.328 e. The highest BCUT2D eigenvalue weighted by Gasteiger charge is 2.36. The molecule has 1 aliphatic heterocycles. The molecule has 110 valence electrons. The average Bonchev–Trinajstić information content (AvgIpc) is 3.01. The number of nitrogens with one attached hydrogen (secondary N) is 1. The molecule has 1 amide bonds. The Morgan fingerprint density at radius 1 is 1.24 bits per heavy atom. The monoisotopic (exact) mass is 300 g/mol. The van der Waals surface area contributed by atoms with Gasteiger partial charge in [-0.05, 0) is 30.9 Å². The first kappa shape index (κ1) is 14.3. The molecule has 1 aromatic carbocycles. The molecular weight excluding hydrogens is 280 g/mol. The Bertz CT molecular complexity index is 607. The van der Waals surface area contributed by atoms with Crippen LogP contribution in [0.4, 0.5) is 0 Å². The van der Waals surface area contributed by atoms with Crippen LogP contribution in [0.25, 0.3) is 0 Å². The molecule has 1 N–H and O–H groups in total. The van der Waals surface area contributed by atoms with Gasteiger partial charge in [0, 0.05) is 18.6 Å². The zero-order valence-corrected chi connectivity index (χ0v) is 13.2. The Morgan fingerprint density at radius 3 is 2.67 bits per heavy atom. The zero-order valence-electron chi connectivity index (χ0n) is 12.4. The lowest BCUT2D eigenvalue weighted by atomic mass is 9.94. The van der Waals surface area contributed by atoms with Gasteiger partial charge in [-0.3, -0.25) is 4.79 Å². The minimum absolute atomic E-state index is 0.0573. The molecule has 1 atom stereocenters. The van der Waals surface area contributed by atoms with Gasteiger partial charge in [-0.15, -0.1) is 11.3 Å². The van der Waals surface area contributed by atoms with Crippen molar-refractivity contribution in [3.8, 4) is 0 Å². The second-order valence-electron chi connectivity index (χ2n) is 6.10. The smallest absolute Gasteiger partial charge is 0.264 e. The molecule has 0 aliphatic carbocycles. The van der Waals surface area contributed by atoms with Crippen molar-refractivity contribution in [2.24, 2.45) is 0 Å². The summed E-state index contributed by atoms with van der Waals surface area (Å²) in [6, 6.07) is 14.2. The van der Waals surface area contributed by atoms with E-state index in [4.69, 9.17) is 0 Å². The van der Waals surface area contributed by atoms with E-state index in [0.29, 0.717) is 6.54 Å². The summed E-state index contributed by atoms with van der Waals surface area (Å²) in [6.07, 6.45) is 0. The van der Waals surface area contributed by atoms with Crippen molar-refractivity contribution in [3.05, 3.63) is 58.3 Å². The number of hydrogen-bond acceptors (Lipinski definition) is 3. The quantitative estimate of drug-likeness (QED) is 0.923. The van der Waals surface area contributed by atoms with Gasteiger partial charge < -0.3 is 10.2 Å². The second-order valence-corrected chi connectivity index (χ2v) is 7.05. The highest BCUT2D eigenvalue weighted by Crippen LogP contribution is 2.29. The van der Waals surface area contributed by atoms with Crippen LogP contribution in [0, 0.1) is 0 Å². The number of carbonyl (C=O) groups excluding carboxylic acids is 1. The standard InChI is InChI=1S/C17H20N2OS/c1-17(2)12-19(16(20)15-9-6-10-21-15)14(11-18-17)13-7-4-3-5-8-13/h3-10,14,18H,11-12H2,1-2H3. The zero-order chi connectivity index (χ0) is 14.9. The van der Waals surface area contributed by atoms with Gasteiger partial charge in [0.25, 0.3) is 5.91 Å². The van der Waals surface area contributed by atoms with Crippen molar-refractivity contribution in [1.82, 2.24) is 10.2 Å². The van der Waals surface area contributed by atoms with Crippen molar-refractivity contribution in [3.63, 3.8) is 0 Å². The van der Waals surface area contributed by atoms with Crippen molar-refractivity contribution in [2.45, 2.75) is 25.4 Å². The number of rotatable bonds is 2. The third-order valence-corrected chi connectivity index (χ3v) is 4.75. The van der Waals surface area contributed by atoms with Crippen LogP contribution >= 0.6 is 11.3 Å². The third kappa shape index (κ3) is 3.01. The fourth-order valence-corrected chi connectivity index (χ4v) is 3.48. The number of carbonyl (C=O) groups is 1. The van der Waals surface area contributed by atoms with E-state index in [1.165, 1.54) is 16.9 Å². The molecule has 1 unspecified atom stereocenters. The van der Waals surface area contributed by atoms with E-state index < -0.39 is 0 Å². The van der Waals surface area contributed by atoms with E-state index in [1.54, 1.807) is 0 Å². The molecule has 2 heterocycles. The average molecular weight is 300 g/mol. The molecule has 0 bridgehead atoms. The maximum atomic E-state index is 12.8. The Hall–Kier alpha value is -1.65. The summed E-state index contributed by atoms with van der Waals surface area (Å²) in [5, 5.41) is 5.50. The molecule has 4 heteroatoms. The first-order valence-corrected chi connectivity index (χ1v) is 8.09. The normalized spacial score (nSPS) is 21.2. The van der Waals surface area contributed by atoms with E-state index >= 15 is 0 Å². The Labute approximate surface area is 129 Å². The van der Waals surface area contributed by atoms with Crippen LogP contribution in [0.15, 0.2) is 47.8 Å². The maximum Gasteiger partial charge on any atom is 0.264 e. The van der Waals surface area contributed by atoms with Crippen molar-refractivity contribution in [1.29, 1.82) is 0 Å². The van der Waals surface area contributed by atoms with Gasteiger partial charge in [-0.2, -0.15) is 0 Å². The summed E-state index contributed by atoms with van der Waals surface area (Å²) in [7, 11) is 0. The largest absolute Gasteiger partial charge is 0.328 e. The second kappa shape index (κ2) is 5.62. The number of hydrogen-bond donors (Lipinski definition) is 1. The van der Waals surface area contributed by atoms with Crippen LogP contribution in [0.5, 0.6) is 0 Å². The highest BCUT2D eigenvalue weighted by molar-refractivity contribution is 7.12. The van der Waals surface area contributed by atoms with Crippen LogP contribution in [-0.2, 0) is 0 Å². The first-order chi connectivity index (χ1) is 10.1. The van der Waals surface area contributed by atoms with Gasteiger partial charge in [0.1, 0.15) is 0 Å². The van der Waals surface area contributed by atoms with E-state index in [9.17, 15) is 4.79 Å². The summed E-state index contributed by atoms with van der Waals surface area (Å²) in [4.78, 5) is 15.7. The van der Waals surface area contributed by atoms with E-state index in [2.05, 4.69) is 31.3 Å². The number of nitrogens with zero attached hydrogens (tertiary/aromatic N) is 1. The number of amides is 1. The summed E-state index contributed by atoms with van der Waals surface area (Å²) in [5.74, 6) is 0.133. The predicted molar refractivity (Wildman–Crippen MR) is 86.6 cm³/mol. The molecule has 1 aliphatic rings. The molecule has 1 fully saturated rings. The van der Waals surface area contributed by atoms with E-state index in [1.807, 2.05) is 40.6 Å². The molecule has 1 saturated heterocycles. The lowest BCUT2D eigenvalue weighted by Crippen LogP contribution is -2.59. The lowest BCUT2D eigenvalue weighted by Gasteiger charge is -2.44. The van der Waals surface area contributed by atoms with Crippen molar-refractivity contribution < 1.29 is 4.79 Å². The van der Waals surface area contributed by atoms with Gasteiger partial charge in [0.2, 0.25) is 0 Å². The molecule has 2 aromatic rings. The number of benzene rings is 1. The maximum absolute atomic E-state index is 12.8. The number of thiophene rings is 1. The van der Waals surface area contributed by atoms with Crippen LogP contribution in [-0.4, -0.2) is 29.4 Å². The van der Waals surface area contributed by atoms with Gasteiger partial charge >= 0.3 is 0 Å². The number of piperazine rings is 1. The molecule has 3 rings (SSSR count). The predicted octanol–water partition coefficient (Wildman–Crippen LogP) is 3.31. The summed E-state index contributed by atoms with van der Waals surface area (Å²) in [6.45, 7) is 5.78. The van der Waals surface area contributed by atoms with Crippen molar-refractivity contribution >= 4 is 17.2 Å². The fraction of sp³-hybridized carbons (Fsp3) is 0.353. The molecule has 0 saturated carbocycles. The van der Waals surface area contributed by atoms with E-state index in [-0.39, 0.29) is 17.5 Å². The van der Waals surface area contributed by atoms with Crippen LogP contribution < -0.4 is 5.32 Å². The molecule has 21 heavy (non-hydrogen) atoms. The summed E-state index contributed by atoms with van der Waals surface area (Å²) < 4.78 is 0. The Kier molecular flexibility index (Phi) is 3.83. The van der Waals surface area contributed by atoms with Gasteiger partial charge in [-0.1, -0.05) is 36.4 Å². The fourth-order valence-electron chi connectivity index (χ4n) is 2.80. The Balaban J connectivity index is 1.93. The summed E-state index contributed by atoms with van der Waals surface area (Å²) in [5.41, 5.74) is 1.13. The van der Waals surface area contributed by atoms with Crippen LogP contribution in [0.1, 0.15) is 35.1 Å². The first-order valence-electron chi connectivity index (χ1n) is 7.21. The molecule has 0 spiro atoms. The Morgan fingerprint density at radius 2 is 2.00 bits per heavy atom. The van der Waals surface area contributed by atoms with Gasteiger partial charge in [0.05, 0.1) is 10.9 Å². The molecule has 3 nitrogen and oxygen atoms in total. The SMILES string of the molecule is CC1(C)CN(C(=O)c2cccs2)C(c2ccccc2)CN1. The molecular formula is C17H20N2OS. The highest BCUT2D eigenvalue weighted by atomic mass is 32.1. The van der Waals surface area contributed by atoms with Gasteiger partial charge in [0.15, 0.2) is 0 Å². The van der Waals surface area contributed by atoms with Crippen molar-refractivity contribution in [2.75, 3.05) is 13.1 Å². The third-order valence-electron chi connectivity index (χ3n) is 3.89. The molecule has 0 radical (unpaired) electrons. The van der Waals surface area contributed by atoms with Gasteiger partial charge in [-0.25, -0.2) is 0 Å².